The Kier molecular flexibility index (Phi) is 7.14. The first kappa shape index (κ1) is 15.9. The molecule has 1 fully saturated rings. The van der Waals surface area contributed by atoms with Crippen molar-refractivity contribution in [1.82, 2.24) is 14.9 Å². The summed E-state index contributed by atoms with van der Waals surface area (Å²) in [6.45, 7) is 6.17. The third kappa shape index (κ3) is 6.13. The molecule has 1 aliphatic heterocycles. The summed E-state index contributed by atoms with van der Waals surface area (Å²) < 4.78 is 24.3. The molecule has 0 aromatic rings. The predicted molar refractivity (Wildman–Crippen MR) is 75.2 cm³/mol. The molecule has 0 radical (unpaired) electrons. The van der Waals surface area contributed by atoms with Crippen LogP contribution in [-0.4, -0.2) is 57.7 Å². The summed E-state index contributed by atoms with van der Waals surface area (Å²) in [4.78, 5) is 0. The predicted octanol–water partition coefficient (Wildman–Crippen LogP) is 0.390. The molecule has 0 aromatic heterocycles. The molecule has 5 nitrogen and oxygen atoms in total. The maximum atomic E-state index is 11.4. The van der Waals surface area contributed by atoms with Gasteiger partial charge in [0.15, 0.2) is 0 Å². The summed E-state index contributed by atoms with van der Waals surface area (Å²) >= 11 is 0. The second-order valence-corrected chi connectivity index (χ2v) is 6.92. The summed E-state index contributed by atoms with van der Waals surface area (Å²) in [5, 5.41) is 6.92. The van der Waals surface area contributed by atoms with Crippen LogP contribution in [0.4, 0.5) is 0 Å². The topological polar surface area (TPSA) is 61.4 Å². The molecule has 0 amide bonds. The Morgan fingerprint density at radius 3 is 2.78 bits per heavy atom. The van der Waals surface area contributed by atoms with E-state index in [9.17, 15) is 8.42 Å². The second kappa shape index (κ2) is 8.09. The van der Waals surface area contributed by atoms with Gasteiger partial charge in [-0.1, -0.05) is 6.92 Å². The fraction of sp³-hybridized carbons (Fsp3) is 1.00. The molecule has 0 aliphatic carbocycles. The number of hydrogen-bond donors (Lipinski definition) is 2. The Balaban J connectivity index is 2.17. The molecule has 108 valence electrons. The van der Waals surface area contributed by atoms with Crippen LogP contribution in [0.15, 0.2) is 0 Å². The Labute approximate surface area is 111 Å². The van der Waals surface area contributed by atoms with Crippen LogP contribution in [0.5, 0.6) is 0 Å². The summed E-state index contributed by atoms with van der Waals surface area (Å²) in [6.07, 6.45) is 5.77. The van der Waals surface area contributed by atoms with Gasteiger partial charge in [0.05, 0.1) is 6.26 Å². The van der Waals surface area contributed by atoms with E-state index in [0.717, 1.165) is 26.1 Å². The SMILES string of the molecule is CCN(CCCNC1CCCNCC1)S(C)(=O)=O. The Hall–Kier alpha value is -0.170. The van der Waals surface area contributed by atoms with E-state index in [4.69, 9.17) is 0 Å². The Morgan fingerprint density at radius 1 is 1.33 bits per heavy atom. The summed E-state index contributed by atoms with van der Waals surface area (Å²) in [5.41, 5.74) is 0. The number of hydrogen-bond acceptors (Lipinski definition) is 4. The second-order valence-electron chi connectivity index (χ2n) is 4.94. The lowest BCUT2D eigenvalue weighted by atomic mass is 10.1. The molecular formula is C12H27N3O2S. The lowest BCUT2D eigenvalue weighted by molar-refractivity contribution is 0.402. The van der Waals surface area contributed by atoms with E-state index in [1.165, 1.54) is 29.8 Å². The molecule has 18 heavy (non-hydrogen) atoms. The third-order valence-electron chi connectivity index (χ3n) is 3.41. The molecule has 1 aliphatic rings. The monoisotopic (exact) mass is 277 g/mol. The summed E-state index contributed by atoms with van der Waals surface area (Å²) in [7, 11) is -3.03. The van der Waals surface area contributed by atoms with Gasteiger partial charge in [-0.05, 0) is 45.3 Å². The number of nitrogens with one attached hydrogen (secondary N) is 2. The first-order valence-electron chi connectivity index (χ1n) is 6.93. The van der Waals surface area contributed by atoms with Crippen molar-refractivity contribution in [3.63, 3.8) is 0 Å². The highest BCUT2D eigenvalue weighted by atomic mass is 32.2. The van der Waals surface area contributed by atoms with Gasteiger partial charge in [0.1, 0.15) is 0 Å². The van der Waals surface area contributed by atoms with Crippen molar-refractivity contribution in [3.8, 4) is 0 Å². The van der Waals surface area contributed by atoms with Crippen LogP contribution in [0.2, 0.25) is 0 Å². The fourth-order valence-electron chi connectivity index (χ4n) is 2.34. The molecule has 0 saturated carbocycles. The lowest BCUT2D eigenvalue weighted by Gasteiger charge is -2.19. The fourth-order valence-corrected chi connectivity index (χ4v) is 3.27. The zero-order valence-corrected chi connectivity index (χ0v) is 12.4. The maximum absolute atomic E-state index is 11.4. The van der Waals surface area contributed by atoms with Crippen molar-refractivity contribution in [2.75, 3.05) is 39.0 Å². The smallest absolute Gasteiger partial charge is 0.211 e. The lowest BCUT2D eigenvalue weighted by Crippen LogP contribution is -2.35. The van der Waals surface area contributed by atoms with E-state index in [0.29, 0.717) is 19.1 Å². The van der Waals surface area contributed by atoms with Gasteiger partial charge in [0, 0.05) is 19.1 Å². The molecular weight excluding hydrogens is 250 g/mol. The van der Waals surface area contributed by atoms with Gasteiger partial charge in [-0.2, -0.15) is 0 Å². The van der Waals surface area contributed by atoms with Crippen LogP contribution < -0.4 is 10.6 Å². The van der Waals surface area contributed by atoms with E-state index in [-0.39, 0.29) is 0 Å². The third-order valence-corrected chi connectivity index (χ3v) is 4.79. The molecule has 1 atom stereocenters. The molecule has 0 aromatic carbocycles. The van der Waals surface area contributed by atoms with E-state index >= 15 is 0 Å². The molecule has 0 bridgehead atoms. The standard InChI is InChI=1S/C12H27N3O2S/c1-3-15(18(2,16)17)11-5-9-14-12-6-4-8-13-10-7-12/h12-14H,3-11H2,1-2H3. The van der Waals surface area contributed by atoms with Crippen LogP contribution in [0.3, 0.4) is 0 Å². The van der Waals surface area contributed by atoms with Gasteiger partial charge in [0.25, 0.3) is 0 Å². The van der Waals surface area contributed by atoms with Crippen molar-refractivity contribution in [2.45, 2.75) is 38.6 Å². The zero-order chi connectivity index (χ0) is 13.4. The minimum atomic E-state index is -3.03. The summed E-state index contributed by atoms with van der Waals surface area (Å²) in [6, 6.07) is 0.591. The zero-order valence-electron chi connectivity index (χ0n) is 11.6. The van der Waals surface area contributed by atoms with Crippen molar-refractivity contribution in [3.05, 3.63) is 0 Å². The number of rotatable bonds is 7. The van der Waals surface area contributed by atoms with Crippen LogP contribution in [-0.2, 0) is 10.0 Å². The van der Waals surface area contributed by atoms with E-state index in [1.54, 1.807) is 0 Å². The van der Waals surface area contributed by atoms with Crippen molar-refractivity contribution in [1.29, 1.82) is 0 Å². The highest BCUT2D eigenvalue weighted by Gasteiger charge is 2.14. The van der Waals surface area contributed by atoms with E-state index in [1.807, 2.05) is 6.92 Å². The van der Waals surface area contributed by atoms with E-state index < -0.39 is 10.0 Å². The normalized spacial score (nSPS) is 22.1. The average molecular weight is 277 g/mol. The molecule has 2 N–H and O–H groups in total. The Bertz CT molecular complexity index is 311. The molecule has 0 spiro atoms. The molecule has 1 unspecified atom stereocenters. The van der Waals surface area contributed by atoms with Gasteiger partial charge in [0.2, 0.25) is 10.0 Å². The van der Waals surface area contributed by atoms with Gasteiger partial charge in [-0.3, -0.25) is 0 Å². The quantitative estimate of drug-likeness (QED) is 0.661. The van der Waals surface area contributed by atoms with Gasteiger partial charge in [-0.25, -0.2) is 12.7 Å². The van der Waals surface area contributed by atoms with E-state index in [2.05, 4.69) is 10.6 Å². The van der Waals surface area contributed by atoms with Crippen LogP contribution in [0, 0.1) is 0 Å². The minimum Gasteiger partial charge on any atom is -0.317 e. The highest BCUT2D eigenvalue weighted by molar-refractivity contribution is 7.88. The summed E-state index contributed by atoms with van der Waals surface area (Å²) in [5.74, 6) is 0. The van der Waals surface area contributed by atoms with Crippen LogP contribution in [0.1, 0.15) is 32.6 Å². The minimum absolute atomic E-state index is 0.562. The van der Waals surface area contributed by atoms with Gasteiger partial charge in [-0.15, -0.1) is 0 Å². The molecule has 1 saturated heterocycles. The average Bonchev–Trinajstić information content (AvgIpc) is 2.56. The van der Waals surface area contributed by atoms with Crippen molar-refractivity contribution < 1.29 is 8.42 Å². The Morgan fingerprint density at radius 2 is 2.11 bits per heavy atom. The van der Waals surface area contributed by atoms with Gasteiger partial charge < -0.3 is 10.6 Å². The van der Waals surface area contributed by atoms with Crippen molar-refractivity contribution >= 4 is 10.0 Å². The number of sulfonamides is 1. The highest BCUT2D eigenvalue weighted by Crippen LogP contribution is 2.05. The first-order chi connectivity index (χ1) is 8.54. The maximum Gasteiger partial charge on any atom is 0.211 e. The van der Waals surface area contributed by atoms with Crippen molar-refractivity contribution in [2.24, 2.45) is 0 Å². The number of nitrogens with zero attached hydrogens (tertiary/aromatic N) is 1. The first-order valence-corrected chi connectivity index (χ1v) is 8.78. The molecule has 6 heteroatoms. The van der Waals surface area contributed by atoms with Crippen LogP contribution in [0.25, 0.3) is 0 Å². The molecule has 1 heterocycles. The van der Waals surface area contributed by atoms with Crippen LogP contribution >= 0.6 is 0 Å². The van der Waals surface area contributed by atoms with Gasteiger partial charge >= 0.3 is 0 Å². The largest absolute Gasteiger partial charge is 0.317 e. The molecule has 1 rings (SSSR count).